The minimum Gasteiger partial charge on any atom is -0.495 e. The van der Waals surface area contributed by atoms with Crippen LogP contribution in [0.4, 0.5) is 11.4 Å². The average Bonchev–Trinajstić information content (AvgIpc) is 2.75. The molecular formula is C21H24ClN3O4. The summed E-state index contributed by atoms with van der Waals surface area (Å²) >= 11 is 6.02. The van der Waals surface area contributed by atoms with Gasteiger partial charge in [-0.1, -0.05) is 23.7 Å². The predicted octanol–water partition coefficient (Wildman–Crippen LogP) is 2.48. The average molecular weight is 418 g/mol. The molecule has 8 heteroatoms. The van der Waals surface area contributed by atoms with Crippen LogP contribution in [0.1, 0.15) is 5.56 Å². The molecule has 2 aromatic carbocycles. The molecule has 0 aromatic heterocycles. The molecule has 0 atom stereocenters. The monoisotopic (exact) mass is 417 g/mol. The predicted molar refractivity (Wildman–Crippen MR) is 113 cm³/mol. The van der Waals surface area contributed by atoms with E-state index in [0.29, 0.717) is 29.4 Å². The van der Waals surface area contributed by atoms with E-state index in [4.69, 9.17) is 21.1 Å². The molecule has 0 spiro atoms. The number of hydrogen-bond acceptors (Lipinski definition) is 5. The van der Waals surface area contributed by atoms with Gasteiger partial charge in [0.1, 0.15) is 5.75 Å². The highest BCUT2D eigenvalue weighted by molar-refractivity contribution is 6.40. The van der Waals surface area contributed by atoms with E-state index in [9.17, 15) is 9.59 Å². The normalized spacial score (nSPS) is 13.7. The van der Waals surface area contributed by atoms with E-state index < -0.39 is 11.8 Å². The van der Waals surface area contributed by atoms with Gasteiger partial charge in [0.15, 0.2) is 0 Å². The van der Waals surface area contributed by atoms with Crippen molar-refractivity contribution in [1.29, 1.82) is 0 Å². The summed E-state index contributed by atoms with van der Waals surface area (Å²) in [5.41, 5.74) is 2.68. The molecule has 1 fully saturated rings. The van der Waals surface area contributed by atoms with E-state index in [0.717, 1.165) is 31.9 Å². The molecule has 2 N–H and O–H groups in total. The van der Waals surface area contributed by atoms with Crippen LogP contribution in [0.2, 0.25) is 5.02 Å². The number of morpholine rings is 1. The van der Waals surface area contributed by atoms with Gasteiger partial charge in [-0.2, -0.15) is 0 Å². The summed E-state index contributed by atoms with van der Waals surface area (Å²) in [6.45, 7) is 3.65. The second-order valence-corrected chi connectivity index (χ2v) is 6.98. The third kappa shape index (κ3) is 5.85. The number of nitrogens with zero attached hydrogens (tertiary/aromatic N) is 1. The van der Waals surface area contributed by atoms with Crippen LogP contribution in [-0.2, 0) is 20.7 Å². The quantitative estimate of drug-likeness (QED) is 0.706. The first-order chi connectivity index (χ1) is 14.1. The molecule has 0 radical (unpaired) electrons. The van der Waals surface area contributed by atoms with E-state index in [-0.39, 0.29) is 0 Å². The van der Waals surface area contributed by atoms with Crippen molar-refractivity contribution in [3.63, 3.8) is 0 Å². The molecule has 1 aliphatic heterocycles. The van der Waals surface area contributed by atoms with E-state index in [1.54, 1.807) is 12.1 Å². The Kier molecular flexibility index (Phi) is 7.32. The third-order valence-corrected chi connectivity index (χ3v) is 4.92. The number of ether oxygens (including phenoxy) is 2. The molecule has 3 rings (SSSR count). The lowest BCUT2D eigenvalue weighted by atomic mass is 10.1. The third-order valence-electron chi connectivity index (χ3n) is 4.63. The Morgan fingerprint density at radius 2 is 1.83 bits per heavy atom. The summed E-state index contributed by atoms with van der Waals surface area (Å²) in [4.78, 5) is 26.3. The lowest BCUT2D eigenvalue weighted by Gasteiger charge is -2.28. The van der Waals surface area contributed by atoms with Crippen molar-refractivity contribution >= 4 is 34.8 Å². The van der Waals surface area contributed by atoms with Gasteiger partial charge >= 0.3 is 11.8 Å². The zero-order valence-electron chi connectivity index (χ0n) is 16.2. The van der Waals surface area contributed by atoms with Gasteiger partial charge in [-0.15, -0.1) is 0 Å². The van der Waals surface area contributed by atoms with E-state index in [1.807, 2.05) is 12.1 Å². The molecule has 1 heterocycles. The van der Waals surface area contributed by atoms with Crippen molar-refractivity contribution in [3.8, 4) is 5.75 Å². The summed E-state index contributed by atoms with van der Waals surface area (Å²) in [7, 11) is 1.50. The van der Waals surface area contributed by atoms with Crippen molar-refractivity contribution in [2.24, 2.45) is 0 Å². The molecule has 1 saturated heterocycles. The van der Waals surface area contributed by atoms with Crippen molar-refractivity contribution in [1.82, 2.24) is 5.32 Å². The van der Waals surface area contributed by atoms with Gasteiger partial charge in [-0.25, -0.2) is 0 Å². The van der Waals surface area contributed by atoms with Crippen LogP contribution in [0.5, 0.6) is 5.75 Å². The van der Waals surface area contributed by atoms with E-state index in [2.05, 4.69) is 27.7 Å². The molecule has 1 aliphatic rings. The Morgan fingerprint density at radius 3 is 2.48 bits per heavy atom. The van der Waals surface area contributed by atoms with Crippen LogP contribution < -0.4 is 20.3 Å². The summed E-state index contributed by atoms with van der Waals surface area (Å²) < 4.78 is 10.4. The molecule has 0 unspecified atom stereocenters. The lowest BCUT2D eigenvalue weighted by molar-refractivity contribution is -0.136. The largest absolute Gasteiger partial charge is 0.495 e. The van der Waals surface area contributed by atoms with Gasteiger partial charge in [0.05, 0.1) is 25.3 Å². The fourth-order valence-electron chi connectivity index (χ4n) is 3.03. The number of carbonyl (C=O) groups excluding carboxylic acids is 2. The molecule has 29 heavy (non-hydrogen) atoms. The zero-order chi connectivity index (χ0) is 20.6. The Morgan fingerprint density at radius 1 is 1.10 bits per heavy atom. The smallest absolute Gasteiger partial charge is 0.313 e. The number of halogens is 1. The summed E-state index contributed by atoms with van der Waals surface area (Å²) in [5, 5.41) is 5.50. The van der Waals surface area contributed by atoms with Gasteiger partial charge in [0, 0.05) is 31.0 Å². The number of carbonyl (C=O) groups is 2. The van der Waals surface area contributed by atoms with Gasteiger partial charge in [-0.05, 0) is 42.3 Å². The maximum absolute atomic E-state index is 12.0. The summed E-state index contributed by atoms with van der Waals surface area (Å²) in [5.74, 6) is -0.940. The standard InChI is InChI=1S/C21H24ClN3O4/c1-28-19-7-4-16(14-18(19)22)24-21(27)20(26)23-9-8-15-2-5-17(6-3-15)25-10-12-29-13-11-25/h2-7,14H,8-13H2,1H3,(H,23,26)(H,24,27). The first kappa shape index (κ1) is 21.0. The van der Waals surface area contributed by atoms with Crippen molar-refractivity contribution in [3.05, 3.63) is 53.1 Å². The first-order valence-corrected chi connectivity index (χ1v) is 9.79. The zero-order valence-corrected chi connectivity index (χ0v) is 17.0. The Hall–Kier alpha value is -2.77. The highest BCUT2D eigenvalue weighted by Crippen LogP contribution is 2.27. The molecule has 2 amide bonds. The van der Waals surface area contributed by atoms with Crippen LogP contribution in [0.25, 0.3) is 0 Å². The molecule has 2 aromatic rings. The van der Waals surface area contributed by atoms with Crippen molar-refractivity contribution in [2.45, 2.75) is 6.42 Å². The number of rotatable bonds is 6. The van der Waals surface area contributed by atoms with Crippen LogP contribution in [0.3, 0.4) is 0 Å². The van der Waals surface area contributed by atoms with E-state index >= 15 is 0 Å². The minimum atomic E-state index is -0.742. The van der Waals surface area contributed by atoms with Gasteiger partial charge in [0.25, 0.3) is 0 Å². The second kappa shape index (κ2) is 10.1. The minimum absolute atomic E-state index is 0.353. The van der Waals surface area contributed by atoms with Gasteiger partial charge in [-0.3, -0.25) is 9.59 Å². The summed E-state index contributed by atoms with van der Waals surface area (Å²) in [6.07, 6.45) is 0.636. The van der Waals surface area contributed by atoms with Crippen LogP contribution in [0, 0.1) is 0 Å². The fraction of sp³-hybridized carbons (Fsp3) is 0.333. The molecule has 0 aliphatic carbocycles. The topological polar surface area (TPSA) is 79.9 Å². The van der Waals surface area contributed by atoms with Crippen molar-refractivity contribution < 1.29 is 19.1 Å². The number of amides is 2. The molecule has 0 bridgehead atoms. The van der Waals surface area contributed by atoms with Crippen LogP contribution >= 0.6 is 11.6 Å². The highest BCUT2D eigenvalue weighted by Gasteiger charge is 2.14. The van der Waals surface area contributed by atoms with Crippen LogP contribution in [-0.4, -0.2) is 51.8 Å². The molecular weight excluding hydrogens is 394 g/mol. The van der Waals surface area contributed by atoms with Crippen molar-refractivity contribution in [2.75, 3.05) is 50.2 Å². The number of benzene rings is 2. The molecule has 0 saturated carbocycles. The Bertz CT molecular complexity index is 852. The Balaban J connectivity index is 1.44. The summed E-state index contributed by atoms with van der Waals surface area (Å²) in [6, 6.07) is 13.0. The number of nitrogens with one attached hydrogen (secondary N) is 2. The lowest BCUT2D eigenvalue weighted by Crippen LogP contribution is -2.36. The Labute approximate surface area is 174 Å². The number of hydrogen-bond donors (Lipinski definition) is 2. The van der Waals surface area contributed by atoms with E-state index in [1.165, 1.54) is 18.9 Å². The van der Waals surface area contributed by atoms with Gasteiger partial charge < -0.3 is 25.0 Å². The first-order valence-electron chi connectivity index (χ1n) is 9.41. The van der Waals surface area contributed by atoms with Gasteiger partial charge in [0.2, 0.25) is 0 Å². The maximum atomic E-state index is 12.0. The fourth-order valence-corrected chi connectivity index (χ4v) is 3.29. The SMILES string of the molecule is COc1ccc(NC(=O)C(=O)NCCc2ccc(N3CCOCC3)cc2)cc1Cl. The highest BCUT2D eigenvalue weighted by atomic mass is 35.5. The molecule has 7 nitrogen and oxygen atoms in total. The number of anilines is 2. The maximum Gasteiger partial charge on any atom is 0.313 e. The number of methoxy groups -OCH3 is 1. The van der Waals surface area contributed by atoms with Crippen LogP contribution in [0.15, 0.2) is 42.5 Å². The second-order valence-electron chi connectivity index (χ2n) is 6.58. The molecule has 154 valence electrons.